The maximum absolute atomic E-state index is 13.4. The summed E-state index contributed by atoms with van der Waals surface area (Å²) in [7, 11) is 0. The number of ketones is 1. The van der Waals surface area contributed by atoms with Gasteiger partial charge in [0.2, 0.25) is 0 Å². The summed E-state index contributed by atoms with van der Waals surface area (Å²) >= 11 is 0. The zero-order valence-electron chi connectivity index (χ0n) is 11.0. The highest BCUT2D eigenvalue weighted by Gasteiger charge is 2.25. The van der Waals surface area contributed by atoms with Gasteiger partial charge in [0.15, 0.2) is 0 Å². The molecule has 1 amide bonds. The van der Waals surface area contributed by atoms with Gasteiger partial charge in [-0.05, 0) is 13.3 Å². The Morgan fingerprint density at radius 1 is 1.19 bits per heavy atom. The van der Waals surface area contributed by atoms with Gasteiger partial charge >= 0.3 is 5.97 Å². The Balaban J connectivity index is 2.92. The van der Waals surface area contributed by atoms with Gasteiger partial charge in [-0.15, -0.1) is 0 Å². The summed E-state index contributed by atoms with van der Waals surface area (Å²) in [5.74, 6) is -7.17. The van der Waals surface area contributed by atoms with E-state index < -0.39 is 40.9 Å². The van der Waals surface area contributed by atoms with E-state index in [0.717, 1.165) is 0 Å². The van der Waals surface area contributed by atoms with Crippen molar-refractivity contribution in [1.82, 2.24) is 5.32 Å². The van der Waals surface area contributed by atoms with Crippen LogP contribution in [0.15, 0.2) is 12.1 Å². The summed E-state index contributed by atoms with van der Waals surface area (Å²) in [6.07, 6.45) is -0.341. The number of hydrogen-bond acceptors (Lipinski definition) is 3. The number of hydrogen-bond donors (Lipinski definition) is 2. The molecule has 0 aliphatic rings. The lowest BCUT2D eigenvalue weighted by Gasteiger charge is -2.14. The van der Waals surface area contributed by atoms with Gasteiger partial charge in [0.05, 0.1) is 0 Å². The molecule has 0 saturated carbocycles. The zero-order chi connectivity index (χ0) is 16.2. The average Bonchev–Trinajstić information content (AvgIpc) is 2.32. The van der Waals surface area contributed by atoms with Crippen LogP contribution in [0, 0.1) is 17.5 Å². The fraction of sp³-hybridized carbons (Fsp3) is 0.308. The van der Waals surface area contributed by atoms with Crippen LogP contribution in [-0.4, -0.2) is 28.8 Å². The molecule has 1 rings (SSSR count). The monoisotopic (exact) mass is 303 g/mol. The van der Waals surface area contributed by atoms with Gasteiger partial charge in [0.1, 0.15) is 34.8 Å². The van der Waals surface area contributed by atoms with Gasteiger partial charge in [-0.3, -0.25) is 4.79 Å². The molecule has 0 radical (unpaired) electrons. The van der Waals surface area contributed by atoms with E-state index in [1.807, 2.05) is 5.32 Å². The SMILES string of the molecule is CC(=O)CC[C@H](NC(=O)c1c(F)cc(F)cc1F)C(=O)O. The van der Waals surface area contributed by atoms with Crippen LogP contribution in [0.3, 0.4) is 0 Å². The van der Waals surface area contributed by atoms with Gasteiger partial charge in [-0.2, -0.15) is 0 Å². The Labute approximate surface area is 117 Å². The van der Waals surface area contributed by atoms with Crippen molar-refractivity contribution >= 4 is 17.7 Å². The number of carboxylic acids is 1. The van der Waals surface area contributed by atoms with E-state index in [1.165, 1.54) is 6.92 Å². The molecule has 0 fully saturated rings. The second kappa shape index (κ2) is 6.87. The third kappa shape index (κ3) is 4.59. The topological polar surface area (TPSA) is 83.5 Å². The van der Waals surface area contributed by atoms with E-state index in [1.54, 1.807) is 0 Å². The van der Waals surface area contributed by atoms with Gasteiger partial charge in [-0.1, -0.05) is 0 Å². The molecule has 8 heteroatoms. The van der Waals surface area contributed by atoms with Gasteiger partial charge in [-0.25, -0.2) is 18.0 Å². The van der Waals surface area contributed by atoms with Crippen LogP contribution >= 0.6 is 0 Å². The first kappa shape index (κ1) is 16.7. The number of nitrogens with one attached hydrogen (secondary N) is 1. The van der Waals surface area contributed by atoms with E-state index in [9.17, 15) is 27.6 Å². The third-order valence-electron chi connectivity index (χ3n) is 2.62. The third-order valence-corrected chi connectivity index (χ3v) is 2.62. The maximum Gasteiger partial charge on any atom is 0.326 e. The number of carboxylic acid groups (broad SMARTS) is 1. The van der Waals surface area contributed by atoms with Crippen molar-refractivity contribution in [2.45, 2.75) is 25.8 Å². The first-order chi connectivity index (χ1) is 9.72. The Kier molecular flexibility index (Phi) is 5.45. The number of benzene rings is 1. The van der Waals surface area contributed by atoms with Crippen molar-refractivity contribution in [3.05, 3.63) is 35.1 Å². The predicted octanol–water partition coefficient (Wildman–Crippen LogP) is 1.66. The fourth-order valence-corrected chi connectivity index (χ4v) is 1.59. The van der Waals surface area contributed by atoms with E-state index in [2.05, 4.69) is 0 Å². The fourth-order valence-electron chi connectivity index (χ4n) is 1.59. The zero-order valence-corrected chi connectivity index (χ0v) is 11.0. The minimum atomic E-state index is -1.48. The Hall–Kier alpha value is -2.38. The van der Waals surface area contributed by atoms with Crippen molar-refractivity contribution in [3.63, 3.8) is 0 Å². The Morgan fingerprint density at radius 3 is 2.14 bits per heavy atom. The number of aliphatic carboxylic acids is 1. The molecule has 0 aliphatic heterocycles. The van der Waals surface area contributed by atoms with Gasteiger partial charge in [0.25, 0.3) is 5.91 Å². The molecule has 0 aromatic heterocycles. The smallest absolute Gasteiger partial charge is 0.326 e. The molecule has 2 N–H and O–H groups in total. The van der Waals surface area contributed by atoms with Crippen molar-refractivity contribution in [2.75, 3.05) is 0 Å². The van der Waals surface area contributed by atoms with Crippen LogP contribution in [0.2, 0.25) is 0 Å². The number of rotatable bonds is 6. The molecule has 21 heavy (non-hydrogen) atoms. The van der Waals surface area contributed by atoms with Crippen LogP contribution in [0.25, 0.3) is 0 Å². The van der Waals surface area contributed by atoms with Crippen molar-refractivity contribution in [1.29, 1.82) is 0 Å². The van der Waals surface area contributed by atoms with Gasteiger partial charge in [0, 0.05) is 18.6 Å². The largest absolute Gasteiger partial charge is 0.480 e. The number of halogens is 3. The molecule has 114 valence electrons. The second-order valence-corrected chi connectivity index (χ2v) is 4.35. The number of amides is 1. The summed E-state index contributed by atoms with van der Waals surface area (Å²) in [6.45, 7) is 1.24. The summed E-state index contributed by atoms with van der Waals surface area (Å²) in [4.78, 5) is 33.4. The maximum atomic E-state index is 13.4. The predicted molar refractivity (Wildman–Crippen MR) is 65.1 cm³/mol. The van der Waals surface area contributed by atoms with E-state index in [0.29, 0.717) is 12.1 Å². The number of carbonyl (C=O) groups is 3. The highest BCUT2D eigenvalue weighted by atomic mass is 19.1. The molecule has 0 spiro atoms. The van der Waals surface area contributed by atoms with Gasteiger partial charge < -0.3 is 15.2 Å². The first-order valence-corrected chi connectivity index (χ1v) is 5.90. The van der Waals surface area contributed by atoms with Crippen molar-refractivity contribution < 1.29 is 32.7 Å². The molecular weight excluding hydrogens is 291 g/mol. The highest BCUT2D eigenvalue weighted by molar-refractivity contribution is 5.97. The summed E-state index contributed by atoms with van der Waals surface area (Å²) in [5.41, 5.74) is -1.08. The van der Waals surface area contributed by atoms with Crippen molar-refractivity contribution in [2.24, 2.45) is 0 Å². The molecule has 1 aromatic rings. The molecule has 0 aliphatic carbocycles. The molecular formula is C13H12F3NO4. The molecule has 0 bridgehead atoms. The second-order valence-electron chi connectivity index (χ2n) is 4.35. The lowest BCUT2D eigenvalue weighted by atomic mass is 10.1. The van der Waals surface area contributed by atoms with Crippen LogP contribution in [0.5, 0.6) is 0 Å². The molecule has 0 saturated heterocycles. The normalized spacial score (nSPS) is 11.8. The number of Topliss-reactive ketones (excluding diaryl/α,β-unsaturated/α-hetero) is 1. The van der Waals surface area contributed by atoms with Crippen LogP contribution in [0.4, 0.5) is 13.2 Å². The van der Waals surface area contributed by atoms with Crippen molar-refractivity contribution in [3.8, 4) is 0 Å². The highest BCUT2D eigenvalue weighted by Crippen LogP contribution is 2.15. The standard InChI is InChI=1S/C13H12F3NO4/c1-6(18)2-3-10(13(20)21)17-12(19)11-8(15)4-7(14)5-9(11)16/h4-5,10H,2-3H2,1H3,(H,17,19)(H,20,21)/t10-/m0/s1. The summed E-state index contributed by atoms with van der Waals surface area (Å²) in [5, 5.41) is 10.8. The lowest BCUT2D eigenvalue weighted by molar-refractivity contribution is -0.139. The van der Waals surface area contributed by atoms with E-state index >= 15 is 0 Å². The first-order valence-electron chi connectivity index (χ1n) is 5.90. The summed E-state index contributed by atoms with van der Waals surface area (Å²) < 4.78 is 39.5. The Bertz CT molecular complexity index is 566. The van der Waals surface area contributed by atoms with Crippen LogP contribution < -0.4 is 5.32 Å². The van der Waals surface area contributed by atoms with E-state index in [-0.39, 0.29) is 18.6 Å². The summed E-state index contributed by atoms with van der Waals surface area (Å²) in [6, 6.07) is -0.864. The average molecular weight is 303 g/mol. The van der Waals surface area contributed by atoms with Crippen LogP contribution in [0.1, 0.15) is 30.1 Å². The van der Waals surface area contributed by atoms with Crippen LogP contribution in [-0.2, 0) is 9.59 Å². The van der Waals surface area contributed by atoms with E-state index in [4.69, 9.17) is 5.11 Å². The molecule has 1 atom stereocenters. The molecule has 0 heterocycles. The minimum Gasteiger partial charge on any atom is -0.480 e. The molecule has 1 aromatic carbocycles. The lowest BCUT2D eigenvalue weighted by Crippen LogP contribution is -2.41. The molecule has 5 nitrogen and oxygen atoms in total. The quantitative estimate of drug-likeness (QED) is 0.837. The Morgan fingerprint density at radius 2 is 1.71 bits per heavy atom. The number of carbonyl (C=O) groups excluding carboxylic acids is 2. The molecule has 0 unspecified atom stereocenters. The minimum absolute atomic E-state index is 0.119.